The van der Waals surface area contributed by atoms with Crippen LogP contribution in [-0.4, -0.2) is 45.0 Å². The van der Waals surface area contributed by atoms with Gasteiger partial charge in [0.2, 0.25) is 10.0 Å². The van der Waals surface area contributed by atoms with Crippen molar-refractivity contribution in [3.05, 3.63) is 59.2 Å². The topological polar surface area (TPSA) is 69.7 Å². The van der Waals surface area contributed by atoms with Crippen molar-refractivity contribution in [3.63, 3.8) is 0 Å². The van der Waals surface area contributed by atoms with Gasteiger partial charge < -0.3 is 10.2 Å². The van der Waals surface area contributed by atoms with Crippen molar-refractivity contribution in [2.75, 3.05) is 36.6 Å². The normalized spacial score (nSPS) is 14.4. The number of carbonyl (C=O) groups excluding carboxylic acids is 1. The van der Waals surface area contributed by atoms with Crippen molar-refractivity contribution in [2.45, 2.75) is 26.3 Å². The number of rotatable bonds is 6. The van der Waals surface area contributed by atoms with Crippen LogP contribution in [0.1, 0.15) is 34.8 Å². The number of anilines is 2. The van der Waals surface area contributed by atoms with Crippen LogP contribution in [0.4, 0.5) is 11.4 Å². The largest absolute Gasteiger partial charge is 0.378 e. The van der Waals surface area contributed by atoms with Gasteiger partial charge in [-0.25, -0.2) is 8.42 Å². The first-order valence-corrected chi connectivity index (χ1v) is 11.1. The molecule has 0 aliphatic carbocycles. The number of carbonyl (C=O) groups is 1. The van der Waals surface area contributed by atoms with E-state index in [0.29, 0.717) is 37.2 Å². The van der Waals surface area contributed by atoms with Gasteiger partial charge in [0.15, 0.2) is 0 Å². The molecule has 3 rings (SSSR count). The molecule has 2 aromatic rings. The zero-order valence-corrected chi connectivity index (χ0v) is 17.4. The molecule has 1 aliphatic rings. The first-order chi connectivity index (χ1) is 13.3. The maximum absolute atomic E-state index is 12.6. The predicted molar refractivity (Wildman–Crippen MR) is 113 cm³/mol. The molecule has 0 aromatic heterocycles. The highest BCUT2D eigenvalue weighted by Crippen LogP contribution is 2.25. The summed E-state index contributed by atoms with van der Waals surface area (Å²) in [6.45, 7) is 2.74. The average Bonchev–Trinajstić information content (AvgIpc) is 2.67. The van der Waals surface area contributed by atoms with Gasteiger partial charge in [-0.1, -0.05) is 19.1 Å². The summed E-state index contributed by atoms with van der Waals surface area (Å²) in [7, 11) is 0.632. The third-order valence-electron chi connectivity index (χ3n) is 4.92. The van der Waals surface area contributed by atoms with E-state index in [9.17, 15) is 13.2 Å². The molecule has 6 nitrogen and oxygen atoms in total. The van der Waals surface area contributed by atoms with Gasteiger partial charge >= 0.3 is 0 Å². The van der Waals surface area contributed by atoms with Crippen LogP contribution in [-0.2, 0) is 23.0 Å². The van der Waals surface area contributed by atoms with Crippen molar-refractivity contribution >= 4 is 27.3 Å². The lowest BCUT2D eigenvalue weighted by Crippen LogP contribution is -2.37. The molecule has 0 spiro atoms. The minimum atomic E-state index is -3.23. The molecule has 0 saturated carbocycles. The predicted octanol–water partition coefficient (Wildman–Crippen LogP) is 3.10. The fraction of sp³-hybridized carbons (Fsp3) is 0.381. The number of fused-ring (bicyclic) bond motifs is 1. The Morgan fingerprint density at radius 1 is 1.14 bits per heavy atom. The van der Waals surface area contributed by atoms with Gasteiger partial charge in [0.25, 0.3) is 5.91 Å². The number of amides is 1. The summed E-state index contributed by atoms with van der Waals surface area (Å²) < 4.78 is 26.3. The van der Waals surface area contributed by atoms with E-state index in [1.54, 1.807) is 10.4 Å². The summed E-state index contributed by atoms with van der Waals surface area (Å²) >= 11 is 0. The Morgan fingerprint density at radius 3 is 2.64 bits per heavy atom. The van der Waals surface area contributed by atoms with Gasteiger partial charge in [-0.05, 0) is 54.3 Å². The molecule has 0 saturated heterocycles. The molecule has 0 bridgehead atoms. The van der Waals surface area contributed by atoms with Crippen LogP contribution in [0.5, 0.6) is 0 Å². The van der Waals surface area contributed by atoms with Crippen molar-refractivity contribution in [3.8, 4) is 0 Å². The molecule has 7 heteroatoms. The van der Waals surface area contributed by atoms with E-state index in [2.05, 4.69) is 5.32 Å². The van der Waals surface area contributed by atoms with E-state index in [4.69, 9.17) is 0 Å². The monoisotopic (exact) mass is 401 g/mol. The van der Waals surface area contributed by atoms with Gasteiger partial charge in [0.1, 0.15) is 0 Å². The maximum atomic E-state index is 12.6. The van der Waals surface area contributed by atoms with Crippen LogP contribution in [0.2, 0.25) is 0 Å². The number of hydrogen-bond donors (Lipinski definition) is 1. The summed E-state index contributed by atoms with van der Waals surface area (Å²) in [6, 6.07) is 13.2. The minimum absolute atomic E-state index is 0.168. The maximum Gasteiger partial charge on any atom is 0.255 e. The van der Waals surface area contributed by atoms with E-state index in [0.717, 1.165) is 16.8 Å². The van der Waals surface area contributed by atoms with E-state index in [-0.39, 0.29) is 11.7 Å². The van der Waals surface area contributed by atoms with Gasteiger partial charge in [-0.2, -0.15) is 4.31 Å². The third kappa shape index (κ3) is 4.54. The van der Waals surface area contributed by atoms with E-state index < -0.39 is 10.0 Å². The van der Waals surface area contributed by atoms with Gasteiger partial charge in [0.05, 0.1) is 5.75 Å². The number of nitrogens with zero attached hydrogens (tertiary/aromatic N) is 2. The molecule has 1 amide bonds. The fourth-order valence-corrected chi connectivity index (χ4v) is 4.84. The van der Waals surface area contributed by atoms with Gasteiger partial charge in [-0.15, -0.1) is 0 Å². The Labute approximate surface area is 167 Å². The van der Waals surface area contributed by atoms with Crippen LogP contribution in [0.15, 0.2) is 42.5 Å². The Hall–Kier alpha value is -2.38. The SMILES string of the molecule is CCCS(=O)(=O)N1CCc2ccc(NC(=O)c3cccc(N(C)C)c3)cc2C1. The standard InChI is InChI=1S/C21H27N3O3S/c1-4-12-28(26,27)24-11-10-16-8-9-19(13-18(16)15-24)22-21(25)17-6-5-7-20(14-17)23(2)3/h5-9,13-14H,4,10-12,15H2,1-3H3,(H,22,25). The molecule has 1 N–H and O–H groups in total. The Kier molecular flexibility index (Phi) is 6.05. The first-order valence-electron chi connectivity index (χ1n) is 9.48. The minimum Gasteiger partial charge on any atom is -0.378 e. The van der Waals surface area contributed by atoms with Crippen molar-refractivity contribution in [1.29, 1.82) is 0 Å². The summed E-state index contributed by atoms with van der Waals surface area (Å²) in [5, 5.41) is 2.93. The van der Waals surface area contributed by atoms with Crippen LogP contribution in [0.25, 0.3) is 0 Å². The van der Waals surface area contributed by atoms with Crippen LogP contribution in [0, 0.1) is 0 Å². The van der Waals surface area contributed by atoms with Gasteiger partial charge in [0, 0.05) is 44.1 Å². The first kappa shape index (κ1) is 20.4. The van der Waals surface area contributed by atoms with Crippen molar-refractivity contribution in [2.24, 2.45) is 0 Å². The number of hydrogen-bond acceptors (Lipinski definition) is 4. The zero-order chi connectivity index (χ0) is 20.3. The highest BCUT2D eigenvalue weighted by molar-refractivity contribution is 7.89. The number of benzene rings is 2. The quantitative estimate of drug-likeness (QED) is 0.808. The summed E-state index contributed by atoms with van der Waals surface area (Å²) in [5.41, 5.74) is 4.29. The fourth-order valence-electron chi connectivity index (χ4n) is 3.36. The molecule has 1 aliphatic heterocycles. The Balaban J connectivity index is 1.77. The molecule has 0 unspecified atom stereocenters. The Morgan fingerprint density at radius 2 is 1.93 bits per heavy atom. The second kappa shape index (κ2) is 8.32. The molecule has 0 radical (unpaired) electrons. The summed E-state index contributed by atoms with van der Waals surface area (Å²) in [5.74, 6) is -0.0176. The van der Waals surface area contributed by atoms with Crippen LogP contribution < -0.4 is 10.2 Å². The molecule has 150 valence electrons. The van der Waals surface area contributed by atoms with Gasteiger partial charge in [-0.3, -0.25) is 4.79 Å². The number of nitrogens with one attached hydrogen (secondary N) is 1. The van der Waals surface area contributed by atoms with E-state index in [1.807, 2.05) is 62.3 Å². The number of sulfonamides is 1. The lowest BCUT2D eigenvalue weighted by molar-refractivity contribution is 0.102. The second-order valence-corrected chi connectivity index (χ2v) is 9.37. The highest BCUT2D eigenvalue weighted by atomic mass is 32.2. The van der Waals surface area contributed by atoms with Crippen molar-refractivity contribution in [1.82, 2.24) is 4.31 Å². The zero-order valence-electron chi connectivity index (χ0n) is 16.6. The third-order valence-corrected chi connectivity index (χ3v) is 6.94. The smallest absolute Gasteiger partial charge is 0.255 e. The second-order valence-electron chi connectivity index (χ2n) is 7.28. The van der Waals surface area contributed by atoms with E-state index >= 15 is 0 Å². The van der Waals surface area contributed by atoms with Crippen LogP contribution >= 0.6 is 0 Å². The summed E-state index contributed by atoms with van der Waals surface area (Å²) in [6.07, 6.45) is 1.30. The lowest BCUT2D eigenvalue weighted by atomic mass is 10.0. The molecule has 1 heterocycles. The average molecular weight is 402 g/mol. The molecule has 2 aromatic carbocycles. The highest BCUT2D eigenvalue weighted by Gasteiger charge is 2.26. The molecule has 0 atom stereocenters. The van der Waals surface area contributed by atoms with Crippen molar-refractivity contribution < 1.29 is 13.2 Å². The van der Waals surface area contributed by atoms with Crippen LogP contribution in [0.3, 0.4) is 0 Å². The lowest BCUT2D eigenvalue weighted by Gasteiger charge is -2.28. The molecule has 0 fully saturated rings. The molecular formula is C21H27N3O3S. The Bertz CT molecular complexity index is 971. The summed E-state index contributed by atoms with van der Waals surface area (Å²) in [4.78, 5) is 14.6. The van der Waals surface area contributed by atoms with E-state index in [1.165, 1.54) is 0 Å². The molecule has 28 heavy (non-hydrogen) atoms. The molecular weight excluding hydrogens is 374 g/mol.